The van der Waals surface area contributed by atoms with Crippen molar-refractivity contribution < 1.29 is 0 Å². The normalized spacial score (nSPS) is 12.5. The van der Waals surface area contributed by atoms with Gasteiger partial charge in [-0.05, 0) is 13.3 Å². The first-order valence-corrected chi connectivity index (χ1v) is 5.56. The topological polar surface area (TPSA) is 46.9 Å². The van der Waals surface area contributed by atoms with E-state index >= 15 is 0 Å². The first kappa shape index (κ1) is 12.0. The van der Waals surface area contributed by atoms with Crippen molar-refractivity contribution >= 4 is 17.4 Å². The number of hydrogen-bond acceptors (Lipinski definition) is 3. The second-order valence-electron chi connectivity index (χ2n) is 3.25. The number of nitrogens with one attached hydrogen (secondary N) is 1. The quantitative estimate of drug-likeness (QED) is 0.782. The fourth-order valence-electron chi connectivity index (χ4n) is 1.17. The standard InChI is InChI=1S/C10H16ClN3O/c1-3-8(11)7-13-9-10(15)14(4-2)6-5-12-9/h5-6,8H,3-4,7H2,1-2H3,(H,12,13). The summed E-state index contributed by atoms with van der Waals surface area (Å²) < 4.78 is 1.60. The fraction of sp³-hybridized carbons (Fsp3) is 0.600. The average Bonchev–Trinajstić information content (AvgIpc) is 2.27. The molecule has 5 heteroatoms. The van der Waals surface area contributed by atoms with Crippen molar-refractivity contribution in [2.24, 2.45) is 0 Å². The van der Waals surface area contributed by atoms with E-state index in [0.29, 0.717) is 18.9 Å². The number of anilines is 1. The third kappa shape index (κ3) is 3.23. The van der Waals surface area contributed by atoms with E-state index in [0.717, 1.165) is 6.42 Å². The molecule has 1 heterocycles. The SMILES string of the molecule is CCC(Cl)CNc1nccn(CC)c1=O. The van der Waals surface area contributed by atoms with Gasteiger partial charge >= 0.3 is 0 Å². The number of nitrogens with zero attached hydrogens (tertiary/aromatic N) is 2. The van der Waals surface area contributed by atoms with E-state index in [-0.39, 0.29) is 10.9 Å². The Morgan fingerprint density at radius 3 is 2.93 bits per heavy atom. The number of alkyl halides is 1. The number of aromatic nitrogens is 2. The largest absolute Gasteiger partial charge is 0.364 e. The van der Waals surface area contributed by atoms with Crippen LogP contribution in [0.4, 0.5) is 5.82 Å². The molecule has 0 amide bonds. The van der Waals surface area contributed by atoms with Crippen LogP contribution < -0.4 is 10.9 Å². The minimum Gasteiger partial charge on any atom is -0.364 e. The second-order valence-corrected chi connectivity index (χ2v) is 3.87. The highest BCUT2D eigenvalue weighted by atomic mass is 35.5. The van der Waals surface area contributed by atoms with Crippen molar-refractivity contribution in [1.29, 1.82) is 0 Å². The summed E-state index contributed by atoms with van der Waals surface area (Å²) in [6.07, 6.45) is 4.15. The Labute approximate surface area is 94.3 Å². The van der Waals surface area contributed by atoms with Crippen LogP contribution in [0.1, 0.15) is 20.3 Å². The summed E-state index contributed by atoms with van der Waals surface area (Å²) >= 11 is 5.94. The maximum Gasteiger partial charge on any atom is 0.293 e. The van der Waals surface area contributed by atoms with Gasteiger partial charge in [-0.2, -0.15) is 0 Å². The van der Waals surface area contributed by atoms with Gasteiger partial charge in [0.25, 0.3) is 5.56 Å². The molecule has 84 valence electrons. The van der Waals surface area contributed by atoms with Gasteiger partial charge in [0, 0.05) is 25.5 Å². The van der Waals surface area contributed by atoms with Gasteiger partial charge in [-0.3, -0.25) is 4.79 Å². The van der Waals surface area contributed by atoms with E-state index in [1.165, 1.54) is 0 Å². The molecule has 1 aromatic rings. The van der Waals surface area contributed by atoms with Gasteiger partial charge in [0.1, 0.15) is 0 Å². The summed E-state index contributed by atoms with van der Waals surface area (Å²) in [5.74, 6) is 0.374. The number of hydrogen-bond donors (Lipinski definition) is 1. The zero-order chi connectivity index (χ0) is 11.3. The predicted molar refractivity (Wildman–Crippen MR) is 62.6 cm³/mol. The third-order valence-electron chi connectivity index (χ3n) is 2.19. The molecular weight excluding hydrogens is 214 g/mol. The Morgan fingerprint density at radius 2 is 2.33 bits per heavy atom. The maximum absolute atomic E-state index is 11.7. The second kappa shape index (κ2) is 5.75. The van der Waals surface area contributed by atoms with Gasteiger partial charge in [0.15, 0.2) is 5.82 Å². The van der Waals surface area contributed by atoms with Gasteiger partial charge < -0.3 is 9.88 Å². The Bertz CT molecular complexity index is 364. The highest BCUT2D eigenvalue weighted by molar-refractivity contribution is 6.20. The molecule has 0 aromatic carbocycles. The average molecular weight is 230 g/mol. The predicted octanol–water partition coefficient (Wildman–Crippen LogP) is 1.69. The summed E-state index contributed by atoms with van der Waals surface area (Å²) in [6, 6.07) is 0. The molecule has 1 aromatic heterocycles. The Kier molecular flexibility index (Phi) is 4.62. The van der Waals surface area contributed by atoms with Gasteiger partial charge in [0.05, 0.1) is 5.38 Å². The highest BCUT2D eigenvalue weighted by Gasteiger charge is 2.05. The van der Waals surface area contributed by atoms with Crippen LogP contribution in [0.3, 0.4) is 0 Å². The zero-order valence-electron chi connectivity index (χ0n) is 9.03. The van der Waals surface area contributed by atoms with Crippen LogP contribution in [0.2, 0.25) is 0 Å². The van der Waals surface area contributed by atoms with E-state index < -0.39 is 0 Å². The van der Waals surface area contributed by atoms with Crippen LogP contribution in [0, 0.1) is 0 Å². The monoisotopic (exact) mass is 229 g/mol. The third-order valence-corrected chi connectivity index (χ3v) is 2.65. The Hall–Kier alpha value is -1.03. The molecule has 15 heavy (non-hydrogen) atoms. The van der Waals surface area contributed by atoms with E-state index in [1.807, 2.05) is 13.8 Å². The lowest BCUT2D eigenvalue weighted by molar-refractivity contribution is 0.717. The minimum absolute atomic E-state index is 0.0292. The van der Waals surface area contributed by atoms with Crippen molar-refractivity contribution in [3.8, 4) is 0 Å². The molecule has 0 aliphatic carbocycles. The number of rotatable bonds is 5. The van der Waals surface area contributed by atoms with Gasteiger partial charge in [-0.25, -0.2) is 4.98 Å². The smallest absolute Gasteiger partial charge is 0.293 e. The molecule has 0 spiro atoms. The molecule has 0 aliphatic rings. The molecule has 0 saturated heterocycles. The van der Waals surface area contributed by atoms with E-state index in [1.54, 1.807) is 17.0 Å². The molecule has 1 atom stereocenters. The van der Waals surface area contributed by atoms with Gasteiger partial charge in [-0.15, -0.1) is 11.6 Å². The summed E-state index contributed by atoms with van der Waals surface area (Å²) in [5.41, 5.74) is -0.0973. The highest BCUT2D eigenvalue weighted by Crippen LogP contribution is 2.02. The molecule has 1 rings (SSSR count). The number of aryl methyl sites for hydroxylation is 1. The summed E-state index contributed by atoms with van der Waals surface area (Å²) in [5, 5.41) is 2.99. The Morgan fingerprint density at radius 1 is 1.60 bits per heavy atom. The summed E-state index contributed by atoms with van der Waals surface area (Å²) in [6.45, 7) is 5.13. The minimum atomic E-state index is -0.0973. The van der Waals surface area contributed by atoms with Crippen molar-refractivity contribution in [3.63, 3.8) is 0 Å². The first-order valence-electron chi connectivity index (χ1n) is 5.12. The molecule has 4 nitrogen and oxygen atoms in total. The molecule has 0 bridgehead atoms. The Balaban J connectivity index is 2.73. The van der Waals surface area contributed by atoms with Crippen LogP contribution in [0.5, 0.6) is 0 Å². The van der Waals surface area contributed by atoms with Crippen molar-refractivity contribution in [1.82, 2.24) is 9.55 Å². The van der Waals surface area contributed by atoms with Gasteiger partial charge in [0.2, 0.25) is 0 Å². The molecule has 0 saturated carbocycles. The van der Waals surface area contributed by atoms with Crippen molar-refractivity contribution in [3.05, 3.63) is 22.7 Å². The van der Waals surface area contributed by atoms with E-state index in [4.69, 9.17) is 11.6 Å². The van der Waals surface area contributed by atoms with Crippen LogP contribution in [0.15, 0.2) is 17.2 Å². The molecule has 1 N–H and O–H groups in total. The first-order chi connectivity index (χ1) is 7.19. The molecule has 0 fully saturated rings. The summed E-state index contributed by atoms with van der Waals surface area (Å²) in [4.78, 5) is 15.7. The van der Waals surface area contributed by atoms with Crippen molar-refractivity contribution in [2.75, 3.05) is 11.9 Å². The molecule has 1 unspecified atom stereocenters. The molecule has 0 radical (unpaired) electrons. The van der Waals surface area contributed by atoms with Gasteiger partial charge in [-0.1, -0.05) is 6.92 Å². The number of halogens is 1. The van der Waals surface area contributed by atoms with Crippen LogP contribution in [-0.4, -0.2) is 21.5 Å². The van der Waals surface area contributed by atoms with Crippen LogP contribution in [0.25, 0.3) is 0 Å². The van der Waals surface area contributed by atoms with Crippen LogP contribution in [-0.2, 0) is 6.54 Å². The van der Waals surface area contributed by atoms with E-state index in [9.17, 15) is 4.79 Å². The molecule has 0 aliphatic heterocycles. The lowest BCUT2D eigenvalue weighted by atomic mass is 10.3. The fourth-order valence-corrected chi connectivity index (χ4v) is 1.25. The summed E-state index contributed by atoms with van der Waals surface area (Å²) in [7, 11) is 0. The lowest BCUT2D eigenvalue weighted by Gasteiger charge is -2.09. The maximum atomic E-state index is 11.7. The van der Waals surface area contributed by atoms with Crippen LogP contribution >= 0.6 is 11.6 Å². The van der Waals surface area contributed by atoms with Crippen molar-refractivity contribution in [2.45, 2.75) is 32.2 Å². The van der Waals surface area contributed by atoms with E-state index in [2.05, 4.69) is 10.3 Å². The lowest BCUT2D eigenvalue weighted by Crippen LogP contribution is -2.26. The zero-order valence-corrected chi connectivity index (χ0v) is 9.79. The molecular formula is C10H16ClN3O.